The van der Waals surface area contributed by atoms with E-state index in [4.69, 9.17) is 0 Å². The SMILES string of the molecule is Cc1ccc(Cn2nc3n(Cc4ccc(C)cc4)c(=O)c4ccc(C(=O)NC(C)C)cc4n3c2=O)cc1. The summed E-state index contributed by atoms with van der Waals surface area (Å²) in [7, 11) is 0. The summed E-state index contributed by atoms with van der Waals surface area (Å²) < 4.78 is 4.32. The topological polar surface area (TPSA) is 90.4 Å². The van der Waals surface area contributed by atoms with Crippen molar-refractivity contribution >= 4 is 22.6 Å². The highest BCUT2D eigenvalue weighted by atomic mass is 16.2. The van der Waals surface area contributed by atoms with Crippen LogP contribution in [0.1, 0.15) is 46.5 Å². The molecule has 0 atom stereocenters. The predicted octanol–water partition coefficient (Wildman–Crippen LogP) is 3.66. The number of carbonyl (C=O) groups excluding carboxylic acids is 1. The van der Waals surface area contributed by atoms with Gasteiger partial charge in [0.2, 0.25) is 5.78 Å². The molecule has 3 aromatic carbocycles. The van der Waals surface area contributed by atoms with Crippen molar-refractivity contribution in [3.05, 3.63) is 115 Å². The maximum Gasteiger partial charge on any atom is 0.352 e. The second kappa shape index (κ2) is 9.54. The van der Waals surface area contributed by atoms with Crippen molar-refractivity contribution in [1.29, 1.82) is 0 Å². The van der Waals surface area contributed by atoms with Gasteiger partial charge in [-0.3, -0.25) is 14.2 Å². The van der Waals surface area contributed by atoms with Gasteiger partial charge in [-0.1, -0.05) is 59.7 Å². The quantitative estimate of drug-likeness (QED) is 0.389. The third-order valence-electron chi connectivity index (χ3n) is 6.37. The third kappa shape index (κ3) is 4.70. The van der Waals surface area contributed by atoms with Crippen molar-refractivity contribution in [2.45, 2.75) is 46.8 Å². The van der Waals surface area contributed by atoms with Gasteiger partial charge in [-0.25, -0.2) is 13.9 Å². The van der Waals surface area contributed by atoms with E-state index in [1.54, 1.807) is 18.2 Å². The summed E-state index contributed by atoms with van der Waals surface area (Å²) in [5.74, 6) is -0.0365. The molecule has 188 valence electrons. The molecular formula is C29H29N5O3. The number of fused-ring (bicyclic) bond motifs is 3. The van der Waals surface area contributed by atoms with Crippen LogP contribution in [-0.4, -0.2) is 30.7 Å². The van der Waals surface area contributed by atoms with Crippen LogP contribution in [0.2, 0.25) is 0 Å². The highest BCUT2D eigenvalue weighted by Gasteiger charge is 2.19. The van der Waals surface area contributed by atoms with Crippen molar-refractivity contribution < 1.29 is 4.79 Å². The lowest BCUT2D eigenvalue weighted by Gasteiger charge is -2.12. The van der Waals surface area contributed by atoms with Crippen LogP contribution < -0.4 is 16.6 Å². The first-order valence-corrected chi connectivity index (χ1v) is 12.3. The van der Waals surface area contributed by atoms with Gasteiger partial charge in [0, 0.05) is 11.6 Å². The number of nitrogens with one attached hydrogen (secondary N) is 1. The Morgan fingerprint density at radius 3 is 2.05 bits per heavy atom. The van der Waals surface area contributed by atoms with E-state index in [0.29, 0.717) is 16.5 Å². The Labute approximate surface area is 213 Å². The van der Waals surface area contributed by atoms with Crippen LogP contribution in [0.5, 0.6) is 0 Å². The van der Waals surface area contributed by atoms with E-state index < -0.39 is 0 Å². The first-order valence-electron chi connectivity index (χ1n) is 12.3. The van der Waals surface area contributed by atoms with E-state index in [9.17, 15) is 14.4 Å². The fourth-order valence-corrected chi connectivity index (χ4v) is 4.39. The Morgan fingerprint density at radius 1 is 0.865 bits per heavy atom. The van der Waals surface area contributed by atoms with Gasteiger partial charge < -0.3 is 5.32 Å². The number of carbonyl (C=O) groups is 1. The average Bonchev–Trinajstić information content (AvgIpc) is 3.19. The van der Waals surface area contributed by atoms with Gasteiger partial charge in [0.15, 0.2) is 0 Å². The number of nitrogens with zero attached hydrogens (tertiary/aromatic N) is 4. The van der Waals surface area contributed by atoms with Crippen LogP contribution in [0, 0.1) is 13.8 Å². The lowest BCUT2D eigenvalue weighted by Crippen LogP contribution is -2.30. The zero-order valence-electron chi connectivity index (χ0n) is 21.4. The number of hydrogen-bond donors (Lipinski definition) is 1. The molecule has 8 heteroatoms. The second-order valence-electron chi connectivity index (χ2n) is 9.80. The number of aromatic nitrogens is 4. The van der Waals surface area contributed by atoms with E-state index in [2.05, 4.69) is 10.4 Å². The summed E-state index contributed by atoms with van der Waals surface area (Å²) in [5, 5.41) is 7.81. The molecule has 0 spiro atoms. The van der Waals surface area contributed by atoms with Crippen molar-refractivity contribution in [2.24, 2.45) is 0 Å². The highest BCUT2D eigenvalue weighted by molar-refractivity contribution is 5.98. The van der Waals surface area contributed by atoms with Crippen LogP contribution >= 0.6 is 0 Å². The summed E-state index contributed by atoms with van der Waals surface area (Å²) in [6, 6.07) is 20.6. The van der Waals surface area contributed by atoms with Crippen LogP contribution in [-0.2, 0) is 13.1 Å². The summed E-state index contributed by atoms with van der Waals surface area (Å²) in [5.41, 5.74) is 4.16. The minimum atomic E-state index is -0.375. The number of benzene rings is 3. The summed E-state index contributed by atoms with van der Waals surface area (Å²) in [6.45, 7) is 8.28. The number of amides is 1. The highest BCUT2D eigenvalue weighted by Crippen LogP contribution is 2.16. The van der Waals surface area contributed by atoms with Crippen LogP contribution in [0.15, 0.2) is 76.3 Å². The Balaban J connectivity index is 1.74. The normalized spacial score (nSPS) is 11.5. The van der Waals surface area contributed by atoms with Crippen LogP contribution in [0.3, 0.4) is 0 Å². The molecule has 37 heavy (non-hydrogen) atoms. The molecule has 0 saturated carbocycles. The molecule has 5 aromatic rings. The minimum Gasteiger partial charge on any atom is -0.350 e. The van der Waals surface area contributed by atoms with E-state index in [1.165, 1.54) is 13.6 Å². The molecule has 0 saturated heterocycles. The molecule has 0 fully saturated rings. The summed E-state index contributed by atoms with van der Waals surface area (Å²) in [6.07, 6.45) is 0. The monoisotopic (exact) mass is 495 g/mol. The predicted molar refractivity (Wildman–Crippen MR) is 144 cm³/mol. The van der Waals surface area contributed by atoms with Gasteiger partial charge in [-0.05, 0) is 57.0 Å². The van der Waals surface area contributed by atoms with Gasteiger partial charge in [-0.2, -0.15) is 0 Å². The summed E-state index contributed by atoms with van der Waals surface area (Å²) >= 11 is 0. The Kier molecular flexibility index (Phi) is 6.25. The standard InChI is InChI=1S/C29H29N5O3/c1-18(2)30-26(35)23-13-14-24-25(15-23)34-28(32(27(24)36)16-21-9-5-19(3)6-10-21)31-33(29(34)37)17-22-11-7-20(4)8-12-22/h5-15,18H,16-17H2,1-4H3,(H,30,35). The molecule has 0 radical (unpaired) electrons. The van der Waals surface area contributed by atoms with E-state index in [1.807, 2.05) is 76.2 Å². The molecule has 8 nitrogen and oxygen atoms in total. The number of rotatable bonds is 6. The lowest BCUT2D eigenvalue weighted by atomic mass is 10.1. The Bertz CT molecular complexity index is 1740. The molecule has 1 amide bonds. The lowest BCUT2D eigenvalue weighted by molar-refractivity contribution is 0.0943. The molecule has 0 aliphatic carbocycles. The zero-order valence-corrected chi connectivity index (χ0v) is 21.4. The Hall–Kier alpha value is -4.46. The average molecular weight is 496 g/mol. The van der Waals surface area contributed by atoms with Crippen molar-refractivity contribution in [2.75, 3.05) is 0 Å². The van der Waals surface area contributed by atoms with Gasteiger partial charge >= 0.3 is 5.69 Å². The van der Waals surface area contributed by atoms with Crippen LogP contribution in [0.4, 0.5) is 0 Å². The van der Waals surface area contributed by atoms with E-state index in [0.717, 1.165) is 22.3 Å². The van der Waals surface area contributed by atoms with Crippen molar-refractivity contribution in [1.82, 2.24) is 24.1 Å². The fraction of sp³-hybridized carbons (Fsp3) is 0.241. The van der Waals surface area contributed by atoms with Crippen molar-refractivity contribution in [3.8, 4) is 0 Å². The maximum absolute atomic E-state index is 13.7. The molecule has 1 N–H and O–H groups in total. The number of aryl methyl sites for hydroxylation is 2. The molecule has 0 unspecified atom stereocenters. The van der Waals surface area contributed by atoms with Crippen molar-refractivity contribution in [3.63, 3.8) is 0 Å². The molecule has 0 bridgehead atoms. The fourth-order valence-electron chi connectivity index (χ4n) is 4.39. The zero-order chi connectivity index (χ0) is 26.3. The van der Waals surface area contributed by atoms with E-state index in [-0.39, 0.29) is 42.1 Å². The van der Waals surface area contributed by atoms with E-state index >= 15 is 0 Å². The molecular weight excluding hydrogens is 466 g/mol. The smallest absolute Gasteiger partial charge is 0.350 e. The Morgan fingerprint density at radius 2 is 1.46 bits per heavy atom. The largest absolute Gasteiger partial charge is 0.352 e. The molecule has 0 aliphatic rings. The third-order valence-corrected chi connectivity index (χ3v) is 6.37. The maximum atomic E-state index is 13.7. The first-order chi connectivity index (χ1) is 17.7. The van der Waals surface area contributed by atoms with Gasteiger partial charge in [0.1, 0.15) is 0 Å². The molecule has 0 aliphatic heterocycles. The summed E-state index contributed by atoms with van der Waals surface area (Å²) in [4.78, 5) is 40.1. The first kappa shape index (κ1) is 24.2. The van der Waals surface area contributed by atoms with Gasteiger partial charge in [0.25, 0.3) is 11.5 Å². The van der Waals surface area contributed by atoms with Gasteiger partial charge in [-0.15, -0.1) is 5.10 Å². The minimum absolute atomic E-state index is 0.0503. The number of hydrogen-bond acceptors (Lipinski definition) is 4. The van der Waals surface area contributed by atoms with Crippen LogP contribution in [0.25, 0.3) is 16.7 Å². The molecule has 2 aromatic heterocycles. The molecule has 5 rings (SSSR count). The second-order valence-corrected chi connectivity index (χ2v) is 9.80. The molecule has 2 heterocycles. The van der Waals surface area contributed by atoms with Gasteiger partial charge in [0.05, 0.1) is 24.0 Å².